The predicted molar refractivity (Wildman–Crippen MR) is 91.0 cm³/mol. The van der Waals surface area contributed by atoms with E-state index < -0.39 is 0 Å². The molecule has 3 rings (SSSR count). The minimum Gasteiger partial charge on any atom is -0.293 e. The van der Waals surface area contributed by atoms with Crippen molar-refractivity contribution >= 4 is 28.3 Å². The largest absolute Gasteiger partial charge is 0.293 e. The summed E-state index contributed by atoms with van der Waals surface area (Å²) in [4.78, 5) is 12.8. The highest BCUT2D eigenvalue weighted by molar-refractivity contribution is 7.99. The van der Waals surface area contributed by atoms with E-state index in [2.05, 4.69) is 6.07 Å². The zero-order valence-corrected chi connectivity index (χ0v) is 12.6. The Hall–Kier alpha value is -2.06. The fourth-order valence-corrected chi connectivity index (χ4v) is 3.30. The van der Waals surface area contributed by atoms with Crippen LogP contribution >= 0.6 is 11.8 Å². The van der Waals surface area contributed by atoms with Gasteiger partial charge in [0.25, 0.3) is 0 Å². The summed E-state index contributed by atoms with van der Waals surface area (Å²) in [5.41, 5.74) is 1.83. The van der Waals surface area contributed by atoms with Gasteiger partial charge >= 0.3 is 0 Å². The fourth-order valence-electron chi connectivity index (χ4n) is 2.52. The Bertz CT molecular complexity index is 765. The molecule has 0 saturated carbocycles. The normalized spacial score (nSPS) is 12.2. The molecule has 1 unspecified atom stereocenters. The number of carbonyl (C=O) groups excluding carboxylic acids is 1. The van der Waals surface area contributed by atoms with Crippen molar-refractivity contribution in [2.24, 2.45) is 0 Å². The van der Waals surface area contributed by atoms with Gasteiger partial charge in [-0.15, -0.1) is 11.8 Å². The Kier molecular flexibility index (Phi) is 4.07. The second-order valence-corrected chi connectivity index (χ2v) is 5.90. The SMILES string of the molecule is CSC(C(=O)c1ccc2ccccc2c1)c1ccccc1. The van der Waals surface area contributed by atoms with Crippen LogP contribution in [0.15, 0.2) is 72.8 Å². The van der Waals surface area contributed by atoms with Gasteiger partial charge in [-0.05, 0) is 28.7 Å². The van der Waals surface area contributed by atoms with Crippen LogP contribution in [0.5, 0.6) is 0 Å². The minimum absolute atomic E-state index is 0.146. The summed E-state index contributed by atoms with van der Waals surface area (Å²) in [7, 11) is 0. The quantitative estimate of drug-likeness (QED) is 0.620. The Morgan fingerprint density at radius 3 is 2.24 bits per heavy atom. The Morgan fingerprint density at radius 2 is 1.52 bits per heavy atom. The van der Waals surface area contributed by atoms with E-state index in [9.17, 15) is 4.79 Å². The molecule has 104 valence electrons. The van der Waals surface area contributed by atoms with Crippen LogP contribution in [-0.4, -0.2) is 12.0 Å². The Balaban J connectivity index is 1.98. The first kappa shape index (κ1) is 13.9. The summed E-state index contributed by atoms with van der Waals surface area (Å²) in [5, 5.41) is 2.12. The molecular formula is C19H16OS. The topological polar surface area (TPSA) is 17.1 Å². The summed E-state index contributed by atoms with van der Waals surface area (Å²) >= 11 is 1.58. The molecule has 1 nitrogen and oxygen atoms in total. The minimum atomic E-state index is -0.146. The molecule has 0 bridgehead atoms. The van der Waals surface area contributed by atoms with Crippen LogP contribution in [0.25, 0.3) is 10.8 Å². The molecule has 0 spiro atoms. The predicted octanol–water partition coefficient (Wildman–Crippen LogP) is 5.13. The summed E-state index contributed by atoms with van der Waals surface area (Å²) in [6.07, 6.45) is 1.98. The molecule has 0 aliphatic heterocycles. The van der Waals surface area contributed by atoms with Crippen LogP contribution in [0.3, 0.4) is 0 Å². The fraction of sp³-hybridized carbons (Fsp3) is 0.105. The van der Waals surface area contributed by atoms with Gasteiger partial charge < -0.3 is 0 Å². The van der Waals surface area contributed by atoms with Gasteiger partial charge in [0.1, 0.15) is 0 Å². The van der Waals surface area contributed by atoms with E-state index in [1.54, 1.807) is 11.8 Å². The average molecular weight is 292 g/mol. The second-order valence-electron chi connectivity index (χ2n) is 4.95. The number of fused-ring (bicyclic) bond motifs is 1. The van der Waals surface area contributed by atoms with E-state index in [4.69, 9.17) is 0 Å². The van der Waals surface area contributed by atoms with Crippen LogP contribution < -0.4 is 0 Å². The molecule has 0 radical (unpaired) electrons. The third kappa shape index (κ3) is 2.86. The van der Waals surface area contributed by atoms with Crippen LogP contribution in [0, 0.1) is 0 Å². The standard InChI is InChI=1S/C19H16OS/c1-21-19(15-8-3-2-4-9-15)18(20)17-12-11-14-7-5-6-10-16(14)13-17/h2-13,19H,1H3. The molecule has 0 N–H and O–H groups in total. The van der Waals surface area contributed by atoms with Gasteiger partial charge in [0.2, 0.25) is 0 Å². The first-order valence-electron chi connectivity index (χ1n) is 6.90. The number of ketones is 1. The van der Waals surface area contributed by atoms with E-state index >= 15 is 0 Å². The van der Waals surface area contributed by atoms with Crippen molar-refractivity contribution in [3.63, 3.8) is 0 Å². The number of carbonyl (C=O) groups is 1. The zero-order chi connectivity index (χ0) is 14.7. The number of rotatable bonds is 4. The molecule has 1 atom stereocenters. The first-order valence-corrected chi connectivity index (χ1v) is 8.19. The van der Waals surface area contributed by atoms with Crippen LogP contribution in [-0.2, 0) is 0 Å². The van der Waals surface area contributed by atoms with Gasteiger partial charge in [-0.2, -0.15) is 0 Å². The highest BCUT2D eigenvalue weighted by atomic mass is 32.2. The highest BCUT2D eigenvalue weighted by Gasteiger charge is 2.20. The van der Waals surface area contributed by atoms with Gasteiger partial charge in [-0.1, -0.05) is 66.7 Å². The summed E-state index contributed by atoms with van der Waals surface area (Å²) in [5.74, 6) is 0.166. The first-order chi connectivity index (χ1) is 10.3. The molecule has 3 aromatic carbocycles. The van der Waals surface area contributed by atoms with E-state index in [1.165, 1.54) is 0 Å². The lowest BCUT2D eigenvalue weighted by molar-refractivity contribution is 0.0990. The van der Waals surface area contributed by atoms with Gasteiger partial charge in [0.05, 0.1) is 5.25 Å². The summed E-state index contributed by atoms with van der Waals surface area (Å²) in [6.45, 7) is 0. The van der Waals surface area contributed by atoms with Crippen LogP contribution in [0.2, 0.25) is 0 Å². The van der Waals surface area contributed by atoms with Crippen molar-refractivity contribution < 1.29 is 4.79 Å². The number of benzene rings is 3. The van der Waals surface area contributed by atoms with E-state index in [0.29, 0.717) is 0 Å². The number of hydrogen-bond acceptors (Lipinski definition) is 2. The third-order valence-corrected chi connectivity index (χ3v) is 4.57. The number of thioether (sulfide) groups is 1. The molecule has 0 aliphatic rings. The smallest absolute Gasteiger partial charge is 0.180 e. The van der Waals surface area contributed by atoms with Crippen molar-refractivity contribution in [1.82, 2.24) is 0 Å². The third-order valence-electron chi connectivity index (χ3n) is 3.61. The molecule has 0 amide bonds. The van der Waals surface area contributed by atoms with E-state index in [0.717, 1.165) is 21.9 Å². The Labute approximate surface area is 129 Å². The van der Waals surface area contributed by atoms with E-state index in [1.807, 2.05) is 73.0 Å². The Morgan fingerprint density at radius 1 is 0.857 bits per heavy atom. The molecule has 0 saturated heterocycles. The van der Waals surface area contributed by atoms with E-state index in [-0.39, 0.29) is 11.0 Å². The molecule has 0 aliphatic carbocycles. The lowest BCUT2D eigenvalue weighted by Gasteiger charge is -2.14. The van der Waals surface area contributed by atoms with Gasteiger partial charge in [-0.3, -0.25) is 4.79 Å². The molecule has 0 aromatic heterocycles. The summed E-state index contributed by atoms with van der Waals surface area (Å²) in [6, 6.07) is 24.0. The van der Waals surface area contributed by atoms with Crippen LogP contribution in [0.1, 0.15) is 21.2 Å². The molecule has 2 heteroatoms. The highest BCUT2D eigenvalue weighted by Crippen LogP contribution is 2.31. The van der Waals surface area contributed by atoms with Crippen molar-refractivity contribution in [3.05, 3.63) is 83.9 Å². The molecule has 0 heterocycles. The van der Waals surface area contributed by atoms with Crippen molar-refractivity contribution in [1.29, 1.82) is 0 Å². The molecule has 21 heavy (non-hydrogen) atoms. The summed E-state index contributed by atoms with van der Waals surface area (Å²) < 4.78 is 0. The maximum absolute atomic E-state index is 12.8. The second kappa shape index (κ2) is 6.15. The maximum Gasteiger partial charge on any atom is 0.180 e. The van der Waals surface area contributed by atoms with Crippen molar-refractivity contribution in [3.8, 4) is 0 Å². The van der Waals surface area contributed by atoms with Crippen LogP contribution in [0.4, 0.5) is 0 Å². The monoisotopic (exact) mass is 292 g/mol. The lowest BCUT2D eigenvalue weighted by atomic mass is 9.99. The molecular weight excluding hydrogens is 276 g/mol. The van der Waals surface area contributed by atoms with Crippen molar-refractivity contribution in [2.45, 2.75) is 5.25 Å². The molecule has 3 aromatic rings. The number of hydrogen-bond donors (Lipinski definition) is 0. The van der Waals surface area contributed by atoms with Gasteiger partial charge in [0, 0.05) is 5.56 Å². The number of Topliss-reactive ketones (excluding diaryl/α,β-unsaturated/α-hetero) is 1. The van der Waals surface area contributed by atoms with Gasteiger partial charge in [0.15, 0.2) is 5.78 Å². The van der Waals surface area contributed by atoms with Crippen molar-refractivity contribution in [2.75, 3.05) is 6.26 Å². The lowest BCUT2D eigenvalue weighted by Crippen LogP contribution is -2.09. The van der Waals surface area contributed by atoms with Gasteiger partial charge in [-0.25, -0.2) is 0 Å². The average Bonchev–Trinajstić information content (AvgIpc) is 2.56. The molecule has 0 fully saturated rings. The maximum atomic E-state index is 12.8. The zero-order valence-electron chi connectivity index (χ0n) is 11.8.